The molecule has 0 aromatic heterocycles. The highest BCUT2D eigenvalue weighted by Crippen LogP contribution is 2.14. The molecule has 0 aliphatic rings. The molecule has 0 unspecified atom stereocenters. The van der Waals surface area contributed by atoms with Gasteiger partial charge in [-0.15, -0.1) is 0 Å². The highest BCUT2D eigenvalue weighted by atomic mass is 16.6. The molecule has 0 radical (unpaired) electrons. The number of carbonyl (C=O) groups excluding carboxylic acids is 2. The van der Waals surface area contributed by atoms with Crippen molar-refractivity contribution in [3.8, 4) is 5.75 Å². The molecule has 4 heteroatoms. The summed E-state index contributed by atoms with van der Waals surface area (Å²) in [5, 5.41) is 0. The van der Waals surface area contributed by atoms with Crippen LogP contribution in [-0.4, -0.2) is 24.5 Å². The van der Waals surface area contributed by atoms with Crippen LogP contribution in [0.1, 0.15) is 39.2 Å². The number of esters is 1. The van der Waals surface area contributed by atoms with Crippen LogP contribution in [0.4, 0.5) is 0 Å². The molecule has 20 heavy (non-hydrogen) atoms. The number of hydrogen-bond acceptors (Lipinski definition) is 4. The summed E-state index contributed by atoms with van der Waals surface area (Å²) in [7, 11) is 1.62. The molecular weight excluding hydrogens is 256 g/mol. The second-order valence-corrected chi connectivity index (χ2v) is 5.63. The maximum absolute atomic E-state index is 11.6. The number of carbonyl (C=O) groups is 2. The first-order chi connectivity index (χ1) is 9.31. The van der Waals surface area contributed by atoms with Crippen LogP contribution in [0.3, 0.4) is 0 Å². The van der Waals surface area contributed by atoms with Gasteiger partial charge in [0.25, 0.3) is 0 Å². The van der Waals surface area contributed by atoms with Crippen molar-refractivity contribution in [1.82, 2.24) is 0 Å². The summed E-state index contributed by atoms with van der Waals surface area (Å²) in [6.45, 7) is 5.24. The monoisotopic (exact) mass is 278 g/mol. The maximum atomic E-state index is 11.6. The van der Waals surface area contributed by atoms with Gasteiger partial charge in [-0.2, -0.15) is 0 Å². The summed E-state index contributed by atoms with van der Waals surface area (Å²) >= 11 is 0. The molecule has 1 aromatic rings. The molecule has 0 heterocycles. The van der Waals surface area contributed by atoms with E-state index in [1.807, 2.05) is 24.3 Å². The largest absolute Gasteiger partial charge is 0.497 e. The number of methoxy groups -OCH3 is 1. The van der Waals surface area contributed by atoms with Gasteiger partial charge in [-0.3, -0.25) is 4.79 Å². The zero-order valence-electron chi connectivity index (χ0n) is 12.6. The highest BCUT2D eigenvalue weighted by molar-refractivity contribution is 6.33. The number of rotatable bonds is 6. The third-order valence-corrected chi connectivity index (χ3v) is 2.65. The lowest BCUT2D eigenvalue weighted by Crippen LogP contribution is -2.28. The first-order valence-electron chi connectivity index (χ1n) is 6.71. The number of aryl methyl sites for hydroxylation is 1. The minimum atomic E-state index is -0.743. The van der Waals surface area contributed by atoms with E-state index in [0.29, 0.717) is 6.42 Å². The second-order valence-electron chi connectivity index (χ2n) is 5.63. The smallest absolute Gasteiger partial charge is 0.375 e. The van der Waals surface area contributed by atoms with Gasteiger partial charge in [0.05, 0.1) is 7.11 Å². The van der Waals surface area contributed by atoms with Crippen molar-refractivity contribution >= 4 is 11.8 Å². The Labute approximate surface area is 120 Å². The molecule has 110 valence electrons. The van der Waals surface area contributed by atoms with Crippen molar-refractivity contribution in [3.63, 3.8) is 0 Å². The molecule has 0 fully saturated rings. The van der Waals surface area contributed by atoms with E-state index in [0.717, 1.165) is 17.7 Å². The van der Waals surface area contributed by atoms with Gasteiger partial charge in [0.1, 0.15) is 11.4 Å². The molecule has 0 saturated carbocycles. The molecule has 0 saturated heterocycles. The number of ether oxygens (including phenoxy) is 2. The Bertz CT molecular complexity index is 454. The highest BCUT2D eigenvalue weighted by Gasteiger charge is 2.22. The number of benzene rings is 1. The molecule has 0 amide bonds. The zero-order chi connectivity index (χ0) is 15.2. The third-order valence-electron chi connectivity index (χ3n) is 2.65. The topological polar surface area (TPSA) is 52.6 Å². The van der Waals surface area contributed by atoms with E-state index in [4.69, 9.17) is 9.47 Å². The van der Waals surface area contributed by atoms with Gasteiger partial charge in [0, 0.05) is 6.42 Å². The molecule has 0 bridgehead atoms. The Balaban J connectivity index is 2.36. The summed E-state index contributed by atoms with van der Waals surface area (Å²) in [6.07, 6.45) is 1.59. The Morgan fingerprint density at radius 2 is 1.70 bits per heavy atom. The van der Waals surface area contributed by atoms with Crippen molar-refractivity contribution in [2.45, 2.75) is 45.6 Å². The lowest BCUT2D eigenvalue weighted by Gasteiger charge is -2.18. The predicted molar refractivity (Wildman–Crippen MR) is 76.8 cm³/mol. The Hall–Kier alpha value is -1.84. The van der Waals surface area contributed by atoms with Gasteiger partial charge >= 0.3 is 5.97 Å². The predicted octanol–water partition coefficient (Wildman–Crippen LogP) is 2.93. The van der Waals surface area contributed by atoms with Gasteiger partial charge in [-0.05, 0) is 51.3 Å². The van der Waals surface area contributed by atoms with Gasteiger partial charge < -0.3 is 9.47 Å². The lowest BCUT2D eigenvalue weighted by atomic mass is 10.1. The molecule has 0 N–H and O–H groups in total. The van der Waals surface area contributed by atoms with Gasteiger partial charge in [0.2, 0.25) is 5.78 Å². The molecule has 1 aromatic carbocycles. The SMILES string of the molecule is COc1ccc(CCCC(=O)C(=O)OC(C)(C)C)cc1. The summed E-state index contributed by atoms with van der Waals surface area (Å²) in [5.74, 6) is -0.403. The fourth-order valence-corrected chi connectivity index (χ4v) is 1.68. The third kappa shape index (κ3) is 5.87. The minimum Gasteiger partial charge on any atom is -0.497 e. The van der Waals surface area contributed by atoms with Crippen LogP contribution in [0.15, 0.2) is 24.3 Å². The molecule has 4 nitrogen and oxygen atoms in total. The minimum absolute atomic E-state index is 0.209. The Kier molecular flexibility index (Phi) is 5.74. The van der Waals surface area contributed by atoms with Crippen molar-refractivity contribution < 1.29 is 19.1 Å². The summed E-state index contributed by atoms with van der Waals surface area (Å²) in [5.41, 5.74) is 0.491. The molecular formula is C16H22O4. The number of Topliss-reactive ketones (excluding diaryl/α,β-unsaturated/α-hetero) is 1. The maximum Gasteiger partial charge on any atom is 0.375 e. The van der Waals surface area contributed by atoms with Crippen molar-refractivity contribution in [1.29, 1.82) is 0 Å². The zero-order valence-corrected chi connectivity index (χ0v) is 12.6. The van der Waals surface area contributed by atoms with E-state index in [9.17, 15) is 9.59 Å². The first-order valence-corrected chi connectivity index (χ1v) is 6.71. The lowest BCUT2D eigenvalue weighted by molar-refractivity contribution is -0.162. The quantitative estimate of drug-likeness (QED) is 0.593. The van der Waals surface area contributed by atoms with Crippen LogP contribution in [0.25, 0.3) is 0 Å². The van der Waals surface area contributed by atoms with E-state index in [2.05, 4.69) is 0 Å². The van der Waals surface area contributed by atoms with Gasteiger partial charge in [0.15, 0.2) is 0 Å². The Morgan fingerprint density at radius 1 is 1.10 bits per heavy atom. The van der Waals surface area contributed by atoms with Gasteiger partial charge in [-0.25, -0.2) is 4.79 Å². The summed E-state index contributed by atoms with van der Waals surface area (Å²) in [6, 6.07) is 7.67. The van der Waals surface area contributed by atoms with E-state index >= 15 is 0 Å². The van der Waals surface area contributed by atoms with E-state index in [1.165, 1.54) is 0 Å². The normalized spacial score (nSPS) is 11.0. The molecule has 0 aliphatic heterocycles. The van der Waals surface area contributed by atoms with Crippen molar-refractivity contribution in [2.24, 2.45) is 0 Å². The van der Waals surface area contributed by atoms with Gasteiger partial charge in [-0.1, -0.05) is 12.1 Å². The van der Waals surface area contributed by atoms with Crippen LogP contribution in [0, 0.1) is 0 Å². The molecule has 1 rings (SSSR count). The number of hydrogen-bond donors (Lipinski definition) is 0. The van der Waals surface area contributed by atoms with E-state index in [1.54, 1.807) is 27.9 Å². The van der Waals surface area contributed by atoms with Crippen LogP contribution in [0.2, 0.25) is 0 Å². The summed E-state index contributed by atoms with van der Waals surface area (Å²) in [4.78, 5) is 23.1. The summed E-state index contributed by atoms with van der Waals surface area (Å²) < 4.78 is 10.1. The standard InChI is InChI=1S/C16H22O4/c1-16(2,3)20-15(18)14(17)7-5-6-12-8-10-13(19-4)11-9-12/h8-11H,5-7H2,1-4H3. The second kappa shape index (κ2) is 7.08. The van der Waals surface area contributed by atoms with Crippen molar-refractivity contribution in [2.75, 3.05) is 7.11 Å². The fraction of sp³-hybridized carbons (Fsp3) is 0.500. The van der Waals surface area contributed by atoms with Crippen molar-refractivity contribution in [3.05, 3.63) is 29.8 Å². The van der Waals surface area contributed by atoms with E-state index in [-0.39, 0.29) is 6.42 Å². The van der Waals surface area contributed by atoms with Crippen LogP contribution in [-0.2, 0) is 20.7 Å². The average molecular weight is 278 g/mol. The van der Waals surface area contributed by atoms with E-state index < -0.39 is 17.4 Å². The fourth-order valence-electron chi connectivity index (χ4n) is 1.68. The van der Waals surface area contributed by atoms with Crippen LogP contribution < -0.4 is 4.74 Å². The first kappa shape index (κ1) is 16.2. The molecule has 0 atom stereocenters. The van der Waals surface area contributed by atoms with Crippen LogP contribution in [0.5, 0.6) is 5.75 Å². The molecule has 0 spiro atoms. The average Bonchev–Trinajstić information content (AvgIpc) is 2.37. The Morgan fingerprint density at radius 3 is 2.20 bits per heavy atom. The molecule has 0 aliphatic carbocycles. The van der Waals surface area contributed by atoms with Crippen LogP contribution >= 0.6 is 0 Å². The number of ketones is 1.